The highest BCUT2D eigenvalue weighted by molar-refractivity contribution is 5.79. The fourth-order valence-corrected chi connectivity index (χ4v) is 3.41. The molecule has 25 heavy (non-hydrogen) atoms. The van der Waals surface area contributed by atoms with Crippen molar-refractivity contribution in [3.05, 3.63) is 29.8 Å². The molecule has 1 aromatic carbocycles. The van der Waals surface area contributed by atoms with E-state index < -0.39 is 0 Å². The number of hydrogen-bond donors (Lipinski definition) is 1. The Morgan fingerprint density at radius 2 is 1.96 bits per heavy atom. The zero-order chi connectivity index (χ0) is 18.1. The summed E-state index contributed by atoms with van der Waals surface area (Å²) in [5.41, 5.74) is 1.42. The standard InChI is InChI=1S/C20H33N3O2/c1-5-6-13-23(3)19(21-2)22-16-20(11-14-25-15-12-20)17-7-9-18(24-4)10-8-17/h7-10H,5-6,11-16H2,1-4H3,(H,21,22). The van der Waals surface area contributed by atoms with Crippen molar-refractivity contribution in [2.75, 3.05) is 47.5 Å². The predicted molar refractivity (Wildman–Crippen MR) is 104 cm³/mol. The van der Waals surface area contributed by atoms with E-state index in [2.05, 4.69) is 53.4 Å². The Morgan fingerprint density at radius 3 is 2.52 bits per heavy atom. The Kier molecular flexibility index (Phi) is 7.56. The van der Waals surface area contributed by atoms with Gasteiger partial charge in [-0.25, -0.2) is 0 Å². The number of rotatable bonds is 7. The van der Waals surface area contributed by atoms with Crippen LogP contribution in [0.3, 0.4) is 0 Å². The van der Waals surface area contributed by atoms with Crippen LogP contribution >= 0.6 is 0 Å². The van der Waals surface area contributed by atoms with Crippen LogP contribution in [0.1, 0.15) is 38.2 Å². The number of benzene rings is 1. The molecule has 1 aliphatic rings. The van der Waals surface area contributed by atoms with Crippen molar-refractivity contribution < 1.29 is 9.47 Å². The molecule has 140 valence electrons. The summed E-state index contributed by atoms with van der Waals surface area (Å²) in [6, 6.07) is 8.48. The lowest BCUT2D eigenvalue weighted by molar-refractivity contribution is 0.0512. The molecule has 0 aliphatic carbocycles. The number of nitrogens with one attached hydrogen (secondary N) is 1. The SMILES string of the molecule is CCCCN(C)C(=NC)NCC1(c2ccc(OC)cc2)CCOCC1. The highest BCUT2D eigenvalue weighted by atomic mass is 16.5. The summed E-state index contributed by atoms with van der Waals surface area (Å²) < 4.78 is 10.9. The summed E-state index contributed by atoms with van der Waals surface area (Å²) >= 11 is 0. The molecule has 5 nitrogen and oxygen atoms in total. The Morgan fingerprint density at radius 1 is 1.28 bits per heavy atom. The average molecular weight is 348 g/mol. The van der Waals surface area contributed by atoms with Gasteiger partial charge in [0, 0.05) is 45.8 Å². The van der Waals surface area contributed by atoms with Gasteiger partial charge in [0.1, 0.15) is 5.75 Å². The smallest absolute Gasteiger partial charge is 0.193 e. The van der Waals surface area contributed by atoms with E-state index in [1.807, 2.05) is 7.05 Å². The van der Waals surface area contributed by atoms with Crippen LogP contribution in [0, 0.1) is 0 Å². The van der Waals surface area contributed by atoms with Crippen molar-refractivity contribution in [3.63, 3.8) is 0 Å². The molecular formula is C20H33N3O2. The van der Waals surface area contributed by atoms with Crippen LogP contribution in [0.4, 0.5) is 0 Å². The van der Waals surface area contributed by atoms with Crippen molar-refractivity contribution in [2.45, 2.75) is 38.0 Å². The molecule has 1 N–H and O–H groups in total. The second-order valence-electron chi connectivity index (χ2n) is 6.80. The van der Waals surface area contributed by atoms with Crippen LogP contribution in [-0.2, 0) is 10.2 Å². The number of methoxy groups -OCH3 is 1. The molecule has 2 rings (SSSR count). The molecular weight excluding hydrogens is 314 g/mol. The quantitative estimate of drug-likeness (QED) is 0.608. The maximum atomic E-state index is 5.63. The van der Waals surface area contributed by atoms with Crippen LogP contribution in [0.5, 0.6) is 5.75 Å². The average Bonchev–Trinajstić information content (AvgIpc) is 2.67. The molecule has 0 amide bonds. The van der Waals surface area contributed by atoms with Gasteiger partial charge < -0.3 is 19.7 Å². The normalized spacial score (nSPS) is 17.2. The van der Waals surface area contributed by atoms with E-state index in [0.717, 1.165) is 50.9 Å². The Bertz CT molecular complexity index is 536. The van der Waals surface area contributed by atoms with Crippen molar-refractivity contribution in [3.8, 4) is 5.75 Å². The monoisotopic (exact) mass is 347 g/mol. The third-order valence-corrected chi connectivity index (χ3v) is 5.16. The zero-order valence-corrected chi connectivity index (χ0v) is 16.2. The molecule has 1 fully saturated rings. The first kappa shape index (κ1) is 19.6. The van der Waals surface area contributed by atoms with Crippen LogP contribution < -0.4 is 10.1 Å². The van der Waals surface area contributed by atoms with Crippen molar-refractivity contribution >= 4 is 5.96 Å². The summed E-state index contributed by atoms with van der Waals surface area (Å²) in [5.74, 6) is 1.86. The maximum absolute atomic E-state index is 5.63. The lowest BCUT2D eigenvalue weighted by atomic mass is 9.74. The third-order valence-electron chi connectivity index (χ3n) is 5.16. The zero-order valence-electron chi connectivity index (χ0n) is 16.2. The topological polar surface area (TPSA) is 46.1 Å². The van der Waals surface area contributed by atoms with Gasteiger partial charge in [-0.3, -0.25) is 4.99 Å². The van der Waals surface area contributed by atoms with E-state index in [4.69, 9.17) is 9.47 Å². The molecule has 0 aromatic heterocycles. The minimum absolute atomic E-state index is 0.0755. The van der Waals surface area contributed by atoms with Gasteiger partial charge in [-0.1, -0.05) is 25.5 Å². The molecule has 0 unspecified atom stereocenters. The first-order valence-corrected chi connectivity index (χ1v) is 9.29. The van der Waals surface area contributed by atoms with Gasteiger partial charge in [0.25, 0.3) is 0 Å². The maximum Gasteiger partial charge on any atom is 0.193 e. The minimum atomic E-state index is 0.0755. The Labute approximate surface area is 152 Å². The fourth-order valence-electron chi connectivity index (χ4n) is 3.41. The number of guanidine groups is 1. The van der Waals surface area contributed by atoms with E-state index >= 15 is 0 Å². The van der Waals surface area contributed by atoms with Crippen molar-refractivity contribution in [2.24, 2.45) is 4.99 Å². The Balaban J connectivity index is 2.11. The van der Waals surface area contributed by atoms with Crippen LogP contribution in [0.2, 0.25) is 0 Å². The molecule has 5 heteroatoms. The van der Waals surface area contributed by atoms with Gasteiger partial charge in [0.2, 0.25) is 0 Å². The van der Waals surface area contributed by atoms with Crippen LogP contribution in [0.25, 0.3) is 0 Å². The summed E-state index contributed by atoms with van der Waals surface area (Å²) in [4.78, 5) is 6.67. The van der Waals surface area contributed by atoms with E-state index in [1.165, 1.54) is 18.4 Å². The Hall–Kier alpha value is -1.75. The van der Waals surface area contributed by atoms with Crippen LogP contribution in [-0.4, -0.2) is 58.4 Å². The fraction of sp³-hybridized carbons (Fsp3) is 0.650. The first-order chi connectivity index (χ1) is 12.1. The van der Waals surface area contributed by atoms with E-state index in [1.54, 1.807) is 7.11 Å². The van der Waals surface area contributed by atoms with E-state index in [0.29, 0.717) is 0 Å². The summed E-state index contributed by atoms with van der Waals surface area (Å²) in [7, 11) is 5.67. The number of aliphatic imine (C=N–C) groups is 1. The highest BCUT2D eigenvalue weighted by Gasteiger charge is 2.34. The van der Waals surface area contributed by atoms with Gasteiger partial charge in [-0.05, 0) is 37.0 Å². The lowest BCUT2D eigenvalue weighted by Gasteiger charge is -2.39. The molecule has 0 bridgehead atoms. The molecule has 0 radical (unpaired) electrons. The minimum Gasteiger partial charge on any atom is -0.497 e. The molecule has 1 aliphatic heterocycles. The van der Waals surface area contributed by atoms with Gasteiger partial charge >= 0.3 is 0 Å². The highest BCUT2D eigenvalue weighted by Crippen LogP contribution is 2.35. The van der Waals surface area contributed by atoms with Gasteiger partial charge in [-0.15, -0.1) is 0 Å². The first-order valence-electron chi connectivity index (χ1n) is 9.29. The molecule has 1 heterocycles. The third kappa shape index (κ3) is 5.11. The number of ether oxygens (including phenoxy) is 2. The second kappa shape index (κ2) is 9.66. The molecule has 0 saturated carbocycles. The van der Waals surface area contributed by atoms with E-state index in [-0.39, 0.29) is 5.41 Å². The largest absolute Gasteiger partial charge is 0.497 e. The number of hydrogen-bond acceptors (Lipinski definition) is 3. The van der Waals surface area contributed by atoms with Crippen LogP contribution in [0.15, 0.2) is 29.3 Å². The summed E-state index contributed by atoms with van der Waals surface area (Å²) in [6.45, 7) is 5.71. The van der Waals surface area contributed by atoms with Crippen molar-refractivity contribution in [1.29, 1.82) is 0 Å². The molecule has 1 saturated heterocycles. The number of nitrogens with zero attached hydrogens (tertiary/aromatic N) is 2. The lowest BCUT2D eigenvalue weighted by Crippen LogP contribution is -2.48. The molecule has 1 aromatic rings. The van der Waals surface area contributed by atoms with Crippen molar-refractivity contribution in [1.82, 2.24) is 10.2 Å². The summed E-state index contributed by atoms with van der Waals surface area (Å²) in [6.07, 6.45) is 4.40. The van der Waals surface area contributed by atoms with Gasteiger partial charge in [0.05, 0.1) is 7.11 Å². The van der Waals surface area contributed by atoms with Gasteiger partial charge in [-0.2, -0.15) is 0 Å². The molecule has 0 atom stereocenters. The van der Waals surface area contributed by atoms with Gasteiger partial charge in [0.15, 0.2) is 5.96 Å². The summed E-state index contributed by atoms with van der Waals surface area (Å²) in [5, 5.41) is 3.60. The second-order valence-corrected chi connectivity index (χ2v) is 6.80. The van der Waals surface area contributed by atoms with E-state index in [9.17, 15) is 0 Å². The number of unbranched alkanes of at least 4 members (excludes halogenated alkanes) is 1. The molecule has 0 spiro atoms. The predicted octanol–water partition coefficient (Wildman–Crippen LogP) is 3.05.